The van der Waals surface area contributed by atoms with Gasteiger partial charge < -0.3 is 40.0 Å². The van der Waals surface area contributed by atoms with Crippen molar-refractivity contribution in [2.45, 2.75) is 50.4 Å². The number of ketones is 1. The first kappa shape index (κ1) is 20.1. The molecule has 0 aromatic carbocycles. The second-order valence-electron chi connectivity index (χ2n) is 5.10. The normalized spacial score (nSPS) is 31.7. The van der Waals surface area contributed by atoms with Gasteiger partial charge in [-0.15, -0.1) is 0 Å². The number of hydrogen-bond acceptors (Lipinski definition) is 8. The molecule has 23 heavy (non-hydrogen) atoms. The Kier molecular flexibility index (Phi) is 7.24. The number of hydrogen-bond donors (Lipinski definition) is 6. The lowest BCUT2D eigenvalue weighted by Crippen LogP contribution is -2.64. The zero-order valence-electron chi connectivity index (χ0n) is 12.2. The van der Waals surface area contributed by atoms with Crippen LogP contribution in [0.2, 0.25) is 0 Å². The molecule has 5 atom stereocenters. The highest BCUT2D eigenvalue weighted by atomic mass is 31.2. The monoisotopic (exact) mass is 357 g/mol. The van der Waals surface area contributed by atoms with Gasteiger partial charge in [-0.1, -0.05) is 0 Å². The molecule has 12 heteroatoms. The standard InChI is InChI=1S/C11H20NO10P/c1-5(14)2-3-7(15)12-8-10(17)9(16)6(4-13)21-11(8)22-23(18,19)20/h6,8-11,13,16-17H,2-4H2,1H3,(H,12,15)(H2,18,19,20)/t6-,8-,9-,10-,11-/m1/s1. The molecule has 1 rings (SSSR count). The summed E-state index contributed by atoms with van der Waals surface area (Å²) in [6.45, 7) is 0.533. The van der Waals surface area contributed by atoms with Crippen molar-refractivity contribution in [3.8, 4) is 0 Å². The third-order valence-electron chi connectivity index (χ3n) is 3.15. The van der Waals surface area contributed by atoms with Crippen LogP contribution in [0.15, 0.2) is 0 Å². The van der Waals surface area contributed by atoms with Crippen LogP contribution in [0.5, 0.6) is 0 Å². The van der Waals surface area contributed by atoms with Gasteiger partial charge >= 0.3 is 7.82 Å². The maximum absolute atomic E-state index is 11.7. The maximum atomic E-state index is 11.7. The number of amides is 1. The SMILES string of the molecule is CC(=O)CCC(=O)N[C@H]1[C@@H](OP(=O)(O)O)O[C@H](CO)[C@@H](O)[C@@H]1O. The minimum atomic E-state index is -5.03. The molecule has 0 aromatic rings. The molecule has 1 amide bonds. The van der Waals surface area contributed by atoms with E-state index in [2.05, 4.69) is 9.84 Å². The van der Waals surface area contributed by atoms with Crippen molar-refractivity contribution in [1.29, 1.82) is 0 Å². The minimum Gasteiger partial charge on any atom is -0.394 e. The first-order valence-electron chi connectivity index (χ1n) is 6.70. The van der Waals surface area contributed by atoms with Crippen molar-refractivity contribution in [3.63, 3.8) is 0 Å². The van der Waals surface area contributed by atoms with Crippen molar-refractivity contribution >= 4 is 19.5 Å². The topological polar surface area (TPSA) is 183 Å². The fourth-order valence-electron chi connectivity index (χ4n) is 2.01. The quantitative estimate of drug-likeness (QED) is 0.264. The molecule has 0 spiro atoms. The molecule has 1 fully saturated rings. The van der Waals surface area contributed by atoms with Gasteiger partial charge in [-0.05, 0) is 6.92 Å². The Morgan fingerprint density at radius 2 is 1.83 bits per heavy atom. The van der Waals surface area contributed by atoms with Crippen molar-refractivity contribution in [2.75, 3.05) is 6.61 Å². The van der Waals surface area contributed by atoms with Crippen LogP contribution in [0.3, 0.4) is 0 Å². The summed E-state index contributed by atoms with van der Waals surface area (Å²) < 4.78 is 20.3. The highest BCUT2D eigenvalue weighted by Crippen LogP contribution is 2.40. The maximum Gasteiger partial charge on any atom is 0.472 e. The number of rotatable bonds is 7. The van der Waals surface area contributed by atoms with Crippen molar-refractivity contribution in [2.24, 2.45) is 0 Å². The van der Waals surface area contributed by atoms with Gasteiger partial charge in [0.2, 0.25) is 5.91 Å². The van der Waals surface area contributed by atoms with Crippen molar-refractivity contribution in [1.82, 2.24) is 5.32 Å². The highest BCUT2D eigenvalue weighted by molar-refractivity contribution is 7.46. The van der Waals surface area contributed by atoms with Gasteiger partial charge in [0.1, 0.15) is 30.1 Å². The predicted molar refractivity (Wildman–Crippen MR) is 72.7 cm³/mol. The third kappa shape index (κ3) is 6.24. The average Bonchev–Trinajstić information content (AvgIpc) is 2.43. The largest absolute Gasteiger partial charge is 0.472 e. The molecule has 0 unspecified atom stereocenters. The Bertz CT molecular complexity index is 479. The third-order valence-corrected chi connectivity index (χ3v) is 3.64. The molecule has 0 radical (unpaired) electrons. The zero-order valence-corrected chi connectivity index (χ0v) is 13.1. The number of ether oxygens (including phenoxy) is 1. The molecule has 1 aliphatic heterocycles. The number of aliphatic hydroxyl groups is 3. The van der Waals surface area contributed by atoms with Gasteiger partial charge in [0.05, 0.1) is 6.61 Å². The van der Waals surface area contributed by atoms with Crippen LogP contribution in [0, 0.1) is 0 Å². The second-order valence-corrected chi connectivity index (χ2v) is 6.29. The van der Waals surface area contributed by atoms with Crippen LogP contribution in [0.25, 0.3) is 0 Å². The van der Waals surface area contributed by atoms with Crippen molar-refractivity contribution in [3.05, 3.63) is 0 Å². The van der Waals surface area contributed by atoms with Crippen LogP contribution in [-0.2, 0) is 23.4 Å². The second kappa shape index (κ2) is 8.27. The van der Waals surface area contributed by atoms with Gasteiger partial charge in [-0.2, -0.15) is 0 Å². The molecular formula is C11H20NO10P. The number of phosphoric ester groups is 1. The number of Topliss-reactive ketones (excluding diaryl/α,β-unsaturated/α-hetero) is 1. The summed E-state index contributed by atoms with van der Waals surface area (Å²) in [5.74, 6) is -0.953. The lowest BCUT2D eigenvalue weighted by Gasteiger charge is -2.41. The van der Waals surface area contributed by atoms with Gasteiger partial charge in [0.25, 0.3) is 0 Å². The predicted octanol–water partition coefficient (Wildman–Crippen LogP) is -2.61. The highest BCUT2D eigenvalue weighted by Gasteiger charge is 2.47. The van der Waals surface area contributed by atoms with E-state index in [0.717, 1.165) is 0 Å². The van der Waals surface area contributed by atoms with E-state index in [1.165, 1.54) is 6.92 Å². The lowest BCUT2D eigenvalue weighted by molar-refractivity contribution is -0.248. The van der Waals surface area contributed by atoms with E-state index < -0.39 is 51.0 Å². The smallest absolute Gasteiger partial charge is 0.394 e. The Hall–Kier alpha value is -0.910. The Morgan fingerprint density at radius 1 is 1.22 bits per heavy atom. The Labute approximate surface area is 131 Å². The summed E-state index contributed by atoms with van der Waals surface area (Å²) >= 11 is 0. The number of aliphatic hydroxyl groups excluding tert-OH is 3. The average molecular weight is 357 g/mol. The molecule has 134 valence electrons. The summed E-state index contributed by atoms with van der Waals surface area (Å²) in [5.41, 5.74) is 0. The molecule has 1 saturated heterocycles. The van der Waals surface area contributed by atoms with Crippen LogP contribution in [0.4, 0.5) is 0 Å². The Balaban J connectivity index is 2.85. The van der Waals surface area contributed by atoms with E-state index >= 15 is 0 Å². The van der Waals surface area contributed by atoms with Crippen molar-refractivity contribution < 1.29 is 48.5 Å². The molecule has 11 nitrogen and oxygen atoms in total. The van der Waals surface area contributed by atoms with E-state index in [1.54, 1.807) is 0 Å². The van der Waals surface area contributed by atoms with E-state index in [1.807, 2.05) is 0 Å². The Morgan fingerprint density at radius 3 is 2.30 bits per heavy atom. The first-order chi connectivity index (χ1) is 10.5. The van der Waals surface area contributed by atoms with Crippen LogP contribution >= 0.6 is 7.82 Å². The molecule has 0 aromatic heterocycles. The van der Waals surface area contributed by atoms with Crippen LogP contribution in [0.1, 0.15) is 19.8 Å². The first-order valence-corrected chi connectivity index (χ1v) is 8.23. The molecular weight excluding hydrogens is 337 g/mol. The summed E-state index contributed by atoms with van der Waals surface area (Å²) in [6.07, 6.45) is -6.77. The molecule has 6 N–H and O–H groups in total. The summed E-state index contributed by atoms with van der Waals surface area (Å²) in [7, 11) is -5.03. The van der Waals surface area contributed by atoms with E-state index in [0.29, 0.717) is 0 Å². The van der Waals surface area contributed by atoms with E-state index in [-0.39, 0.29) is 18.6 Å². The number of carbonyl (C=O) groups excluding carboxylic acids is 2. The molecule has 1 heterocycles. The molecule has 1 aliphatic rings. The number of carbonyl (C=O) groups is 2. The summed E-state index contributed by atoms with van der Waals surface area (Å²) in [4.78, 5) is 40.3. The fraction of sp³-hybridized carbons (Fsp3) is 0.818. The number of nitrogens with one attached hydrogen (secondary N) is 1. The van der Waals surface area contributed by atoms with Gasteiger partial charge in [0.15, 0.2) is 6.29 Å². The van der Waals surface area contributed by atoms with Gasteiger partial charge in [-0.25, -0.2) is 4.57 Å². The molecule has 0 bridgehead atoms. The van der Waals surface area contributed by atoms with Crippen LogP contribution < -0.4 is 5.32 Å². The molecule has 0 saturated carbocycles. The molecule has 0 aliphatic carbocycles. The van der Waals surface area contributed by atoms with Crippen LogP contribution in [-0.4, -0.2) is 74.0 Å². The van der Waals surface area contributed by atoms with Gasteiger partial charge in [0, 0.05) is 12.8 Å². The number of phosphoric acid groups is 1. The fourth-order valence-corrected chi connectivity index (χ4v) is 2.46. The minimum absolute atomic E-state index is 0.0681. The zero-order chi connectivity index (χ0) is 17.8. The summed E-state index contributed by atoms with van der Waals surface area (Å²) in [5, 5.41) is 31.0. The van der Waals surface area contributed by atoms with E-state index in [9.17, 15) is 24.4 Å². The summed E-state index contributed by atoms with van der Waals surface area (Å²) in [6, 6.07) is -1.50. The lowest BCUT2D eigenvalue weighted by atomic mass is 9.97. The van der Waals surface area contributed by atoms with E-state index in [4.69, 9.17) is 19.6 Å². The van der Waals surface area contributed by atoms with Gasteiger partial charge in [-0.3, -0.25) is 9.32 Å².